The molecule has 2 aromatic rings. The number of nitrogens with zero attached hydrogens (tertiary/aromatic N) is 1. The van der Waals surface area contributed by atoms with Gasteiger partial charge in [-0.15, -0.1) is 13.2 Å². The smallest absolute Gasteiger partial charge is 0.495 e. The molecule has 112 valence electrons. The Hall–Kier alpha value is -2.28. The average Bonchev–Trinajstić information content (AvgIpc) is 2.45. The Labute approximate surface area is 118 Å². The minimum atomic E-state index is -4.78. The first kappa shape index (κ1) is 15.1. The van der Waals surface area contributed by atoms with Crippen LogP contribution in [0.1, 0.15) is 17.2 Å². The molecule has 1 aromatic carbocycles. The predicted molar refractivity (Wildman–Crippen MR) is 68.0 cm³/mol. The fraction of sp³-hybridized carbons (Fsp3) is 0.214. The van der Waals surface area contributed by atoms with Crippen LogP contribution in [0.4, 0.5) is 13.2 Å². The van der Waals surface area contributed by atoms with Crippen molar-refractivity contribution >= 4 is 0 Å². The minimum Gasteiger partial charge on any atom is -0.495 e. The van der Waals surface area contributed by atoms with Gasteiger partial charge in [0, 0.05) is 11.8 Å². The number of aliphatic hydroxyl groups excluding tert-OH is 1. The molecule has 0 fully saturated rings. The van der Waals surface area contributed by atoms with E-state index in [0.29, 0.717) is 11.3 Å². The molecule has 0 saturated carbocycles. The van der Waals surface area contributed by atoms with Gasteiger partial charge in [0.05, 0.1) is 13.3 Å². The van der Waals surface area contributed by atoms with Crippen molar-refractivity contribution in [1.29, 1.82) is 0 Å². The van der Waals surface area contributed by atoms with Crippen LogP contribution in [0, 0.1) is 0 Å². The number of halogens is 3. The van der Waals surface area contributed by atoms with Crippen molar-refractivity contribution in [3.05, 3.63) is 53.9 Å². The van der Waals surface area contributed by atoms with Gasteiger partial charge in [-0.1, -0.05) is 12.1 Å². The molecule has 1 aromatic heterocycles. The van der Waals surface area contributed by atoms with Gasteiger partial charge in [0.1, 0.15) is 17.6 Å². The van der Waals surface area contributed by atoms with Gasteiger partial charge >= 0.3 is 6.36 Å². The second kappa shape index (κ2) is 6.01. The summed E-state index contributed by atoms with van der Waals surface area (Å²) >= 11 is 0. The summed E-state index contributed by atoms with van der Waals surface area (Å²) in [5.74, 6) is 0.0455. The fourth-order valence-corrected chi connectivity index (χ4v) is 1.77. The highest BCUT2D eigenvalue weighted by atomic mass is 19.4. The zero-order chi connectivity index (χ0) is 15.5. The van der Waals surface area contributed by atoms with Gasteiger partial charge in [0.15, 0.2) is 0 Å². The second-order valence-corrected chi connectivity index (χ2v) is 4.18. The van der Waals surface area contributed by atoms with Crippen LogP contribution in [0.15, 0.2) is 42.7 Å². The molecule has 1 atom stereocenters. The van der Waals surface area contributed by atoms with Crippen molar-refractivity contribution in [2.24, 2.45) is 0 Å². The third kappa shape index (κ3) is 4.09. The summed E-state index contributed by atoms with van der Waals surface area (Å²) in [6.07, 6.45) is -3.05. The molecule has 1 heterocycles. The number of methoxy groups -OCH3 is 1. The van der Waals surface area contributed by atoms with E-state index in [9.17, 15) is 18.3 Å². The van der Waals surface area contributed by atoms with Crippen LogP contribution in [0.2, 0.25) is 0 Å². The Morgan fingerprint density at radius 2 is 1.81 bits per heavy atom. The Morgan fingerprint density at radius 3 is 2.48 bits per heavy atom. The first-order valence-corrected chi connectivity index (χ1v) is 5.92. The number of hydrogen-bond acceptors (Lipinski definition) is 4. The standard InChI is InChI=1S/C14H12F3NO3/c1-20-12-6-10(7-18-8-12)13(19)9-3-2-4-11(5-9)21-14(15,16)17/h2-8,13,19H,1H3. The number of benzene rings is 1. The summed E-state index contributed by atoms with van der Waals surface area (Å²) in [7, 11) is 1.45. The number of alkyl halides is 3. The summed E-state index contributed by atoms with van der Waals surface area (Å²) in [6, 6.07) is 6.70. The van der Waals surface area contributed by atoms with E-state index in [-0.39, 0.29) is 5.56 Å². The summed E-state index contributed by atoms with van der Waals surface area (Å²) in [5.41, 5.74) is 0.658. The lowest BCUT2D eigenvalue weighted by atomic mass is 10.0. The normalized spacial score (nSPS) is 12.8. The molecule has 0 amide bonds. The molecule has 0 aliphatic heterocycles. The largest absolute Gasteiger partial charge is 0.573 e. The van der Waals surface area contributed by atoms with Crippen molar-refractivity contribution in [3.8, 4) is 11.5 Å². The molecule has 21 heavy (non-hydrogen) atoms. The molecule has 4 nitrogen and oxygen atoms in total. The van der Waals surface area contributed by atoms with E-state index < -0.39 is 18.2 Å². The molecule has 0 saturated heterocycles. The number of rotatable bonds is 4. The first-order chi connectivity index (χ1) is 9.89. The Bertz CT molecular complexity index is 616. The number of aromatic nitrogens is 1. The summed E-state index contributed by atoms with van der Waals surface area (Å²) in [6.45, 7) is 0. The lowest BCUT2D eigenvalue weighted by molar-refractivity contribution is -0.274. The van der Waals surface area contributed by atoms with Crippen LogP contribution >= 0.6 is 0 Å². The SMILES string of the molecule is COc1cncc(C(O)c2cccc(OC(F)(F)F)c2)c1. The van der Waals surface area contributed by atoms with E-state index >= 15 is 0 Å². The molecule has 0 aliphatic rings. The third-order valence-electron chi connectivity index (χ3n) is 2.69. The number of ether oxygens (including phenoxy) is 2. The Balaban J connectivity index is 2.26. The molecular weight excluding hydrogens is 287 g/mol. The van der Waals surface area contributed by atoms with Gasteiger partial charge < -0.3 is 14.6 Å². The van der Waals surface area contributed by atoms with Crippen molar-refractivity contribution in [1.82, 2.24) is 4.98 Å². The molecule has 0 spiro atoms. The van der Waals surface area contributed by atoms with E-state index in [4.69, 9.17) is 4.74 Å². The quantitative estimate of drug-likeness (QED) is 0.942. The molecule has 0 aliphatic carbocycles. The number of hydrogen-bond donors (Lipinski definition) is 1. The zero-order valence-corrected chi connectivity index (χ0v) is 11.0. The number of pyridine rings is 1. The van der Waals surface area contributed by atoms with Crippen LogP contribution in [-0.4, -0.2) is 23.6 Å². The van der Waals surface area contributed by atoms with Gasteiger partial charge in [0.25, 0.3) is 0 Å². The molecule has 0 radical (unpaired) electrons. The molecular formula is C14H12F3NO3. The topological polar surface area (TPSA) is 51.6 Å². The minimum absolute atomic E-state index is 0.256. The predicted octanol–water partition coefficient (Wildman–Crippen LogP) is 3.07. The maximum Gasteiger partial charge on any atom is 0.573 e. The van der Waals surface area contributed by atoms with Crippen LogP contribution in [0.5, 0.6) is 11.5 Å². The van der Waals surface area contributed by atoms with Gasteiger partial charge in [-0.2, -0.15) is 0 Å². The highest BCUT2D eigenvalue weighted by Gasteiger charge is 2.31. The average molecular weight is 299 g/mol. The van der Waals surface area contributed by atoms with Crippen LogP contribution < -0.4 is 9.47 Å². The highest BCUT2D eigenvalue weighted by Crippen LogP contribution is 2.29. The first-order valence-electron chi connectivity index (χ1n) is 5.92. The van der Waals surface area contributed by atoms with Crippen LogP contribution in [-0.2, 0) is 0 Å². The van der Waals surface area contributed by atoms with Crippen LogP contribution in [0.3, 0.4) is 0 Å². The molecule has 1 unspecified atom stereocenters. The van der Waals surface area contributed by atoms with Gasteiger partial charge in [-0.3, -0.25) is 4.98 Å². The Kier molecular flexibility index (Phi) is 4.32. The molecule has 0 bridgehead atoms. The molecule has 1 N–H and O–H groups in total. The van der Waals surface area contributed by atoms with Crippen LogP contribution in [0.25, 0.3) is 0 Å². The van der Waals surface area contributed by atoms with E-state index in [1.165, 1.54) is 31.6 Å². The molecule has 2 rings (SSSR count). The highest BCUT2D eigenvalue weighted by molar-refractivity contribution is 5.36. The van der Waals surface area contributed by atoms with E-state index in [2.05, 4.69) is 9.72 Å². The monoisotopic (exact) mass is 299 g/mol. The summed E-state index contributed by atoms with van der Waals surface area (Å²) in [5, 5.41) is 10.2. The van der Waals surface area contributed by atoms with Crippen molar-refractivity contribution in [2.45, 2.75) is 12.5 Å². The third-order valence-corrected chi connectivity index (χ3v) is 2.69. The Morgan fingerprint density at radius 1 is 1.10 bits per heavy atom. The maximum absolute atomic E-state index is 12.2. The number of aliphatic hydroxyl groups is 1. The van der Waals surface area contributed by atoms with Gasteiger partial charge in [-0.25, -0.2) is 0 Å². The molecule has 7 heteroatoms. The van der Waals surface area contributed by atoms with E-state index in [0.717, 1.165) is 12.1 Å². The van der Waals surface area contributed by atoms with Crippen molar-refractivity contribution in [3.63, 3.8) is 0 Å². The lowest BCUT2D eigenvalue weighted by Crippen LogP contribution is -2.17. The van der Waals surface area contributed by atoms with Crippen molar-refractivity contribution < 1.29 is 27.8 Å². The van der Waals surface area contributed by atoms with Gasteiger partial charge in [-0.05, 0) is 23.8 Å². The van der Waals surface area contributed by atoms with Crippen molar-refractivity contribution in [2.75, 3.05) is 7.11 Å². The lowest BCUT2D eigenvalue weighted by Gasteiger charge is -2.14. The maximum atomic E-state index is 12.2. The van der Waals surface area contributed by atoms with E-state index in [1.54, 1.807) is 6.07 Å². The summed E-state index contributed by atoms with van der Waals surface area (Å²) in [4.78, 5) is 3.89. The summed E-state index contributed by atoms with van der Waals surface area (Å²) < 4.78 is 45.4. The zero-order valence-electron chi connectivity index (χ0n) is 11.0. The fourth-order valence-electron chi connectivity index (χ4n) is 1.77. The van der Waals surface area contributed by atoms with Gasteiger partial charge in [0.2, 0.25) is 0 Å². The second-order valence-electron chi connectivity index (χ2n) is 4.18. The van der Waals surface area contributed by atoms with E-state index in [1.807, 2.05) is 0 Å².